The molecule has 0 spiro atoms. The number of hydrogen-bond donors (Lipinski definition) is 2. The molecule has 0 bridgehead atoms. The standard InChI is InChI=1S/C12H23N3O2.2ClH/c1-17-7-6-15-5-3-11(9-15)14-12(16)10-2-4-13-8-10;;/h10-11,13H,2-9H2,1H3,(H,14,16);2*1H. The number of carbonyl (C=O) groups excluding carboxylic acids is 1. The van der Waals surface area contributed by atoms with Crippen LogP contribution in [0.2, 0.25) is 0 Å². The predicted molar refractivity (Wildman–Crippen MR) is 80.3 cm³/mol. The van der Waals surface area contributed by atoms with Gasteiger partial charge in [-0.1, -0.05) is 0 Å². The Labute approximate surface area is 127 Å². The number of nitrogens with one attached hydrogen (secondary N) is 2. The molecule has 2 aliphatic rings. The summed E-state index contributed by atoms with van der Waals surface area (Å²) in [6.45, 7) is 5.59. The molecule has 0 radical (unpaired) electrons. The molecular formula is C12H25Cl2N3O2. The van der Waals surface area contributed by atoms with Gasteiger partial charge in [0.1, 0.15) is 0 Å². The summed E-state index contributed by atoms with van der Waals surface area (Å²) in [6, 6.07) is 0.333. The van der Waals surface area contributed by atoms with Gasteiger partial charge < -0.3 is 15.4 Å². The van der Waals surface area contributed by atoms with E-state index in [1.807, 2.05) is 0 Å². The molecule has 0 aromatic rings. The monoisotopic (exact) mass is 313 g/mol. The maximum atomic E-state index is 11.9. The van der Waals surface area contributed by atoms with E-state index in [1.165, 1.54) is 0 Å². The molecule has 2 rings (SSSR count). The van der Waals surface area contributed by atoms with E-state index in [1.54, 1.807) is 7.11 Å². The van der Waals surface area contributed by atoms with Crippen molar-refractivity contribution in [3.8, 4) is 0 Å². The van der Waals surface area contributed by atoms with Gasteiger partial charge in [-0.2, -0.15) is 0 Å². The Morgan fingerprint density at radius 2 is 2.21 bits per heavy atom. The van der Waals surface area contributed by atoms with E-state index in [2.05, 4.69) is 15.5 Å². The molecule has 1 amide bonds. The zero-order chi connectivity index (χ0) is 12.1. The second kappa shape index (κ2) is 9.77. The second-order valence-corrected chi connectivity index (χ2v) is 4.98. The largest absolute Gasteiger partial charge is 0.383 e. The van der Waals surface area contributed by atoms with Crippen molar-refractivity contribution < 1.29 is 9.53 Å². The molecule has 0 aliphatic carbocycles. The Bertz CT molecular complexity index is 263. The SMILES string of the molecule is COCCN1CCC(NC(=O)C2CCNC2)C1.Cl.Cl. The van der Waals surface area contributed by atoms with Gasteiger partial charge in [-0.15, -0.1) is 24.8 Å². The van der Waals surface area contributed by atoms with Crippen LogP contribution in [0.15, 0.2) is 0 Å². The molecule has 0 aromatic heterocycles. The number of carbonyl (C=O) groups is 1. The molecule has 2 N–H and O–H groups in total. The highest BCUT2D eigenvalue weighted by atomic mass is 35.5. The quantitative estimate of drug-likeness (QED) is 0.765. The first kappa shape index (κ1) is 18.9. The van der Waals surface area contributed by atoms with Crippen molar-refractivity contribution in [3.63, 3.8) is 0 Å². The van der Waals surface area contributed by atoms with Crippen LogP contribution in [0.1, 0.15) is 12.8 Å². The Kier molecular flexibility index (Phi) is 9.74. The van der Waals surface area contributed by atoms with Gasteiger partial charge >= 0.3 is 0 Å². The van der Waals surface area contributed by atoms with E-state index >= 15 is 0 Å². The van der Waals surface area contributed by atoms with E-state index in [0.717, 1.165) is 52.2 Å². The second-order valence-electron chi connectivity index (χ2n) is 4.98. The van der Waals surface area contributed by atoms with Crippen molar-refractivity contribution in [2.75, 3.05) is 46.4 Å². The average molecular weight is 314 g/mol. The number of amides is 1. The number of nitrogens with zero attached hydrogens (tertiary/aromatic N) is 1. The Hall–Kier alpha value is -0.0700. The maximum absolute atomic E-state index is 11.9. The van der Waals surface area contributed by atoms with Crippen LogP contribution in [0.5, 0.6) is 0 Å². The van der Waals surface area contributed by atoms with E-state index in [0.29, 0.717) is 6.04 Å². The minimum Gasteiger partial charge on any atom is -0.383 e. The number of rotatable bonds is 5. The van der Waals surface area contributed by atoms with Crippen molar-refractivity contribution in [1.82, 2.24) is 15.5 Å². The van der Waals surface area contributed by atoms with Crippen LogP contribution in [0.25, 0.3) is 0 Å². The van der Waals surface area contributed by atoms with Crippen LogP contribution in [0.4, 0.5) is 0 Å². The lowest BCUT2D eigenvalue weighted by atomic mass is 10.1. The Balaban J connectivity index is 0.00000162. The van der Waals surface area contributed by atoms with E-state index in [4.69, 9.17) is 4.74 Å². The Morgan fingerprint density at radius 3 is 2.84 bits per heavy atom. The molecule has 2 saturated heterocycles. The van der Waals surface area contributed by atoms with Crippen LogP contribution >= 0.6 is 24.8 Å². The third kappa shape index (κ3) is 5.83. The zero-order valence-electron chi connectivity index (χ0n) is 11.4. The number of ether oxygens (including phenoxy) is 1. The smallest absolute Gasteiger partial charge is 0.224 e. The van der Waals surface area contributed by atoms with Crippen molar-refractivity contribution in [1.29, 1.82) is 0 Å². The Morgan fingerprint density at radius 1 is 1.42 bits per heavy atom. The van der Waals surface area contributed by atoms with Crippen molar-refractivity contribution >= 4 is 30.7 Å². The first-order valence-electron chi connectivity index (χ1n) is 6.52. The maximum Gasteiger partial charge on any atom is 0.224 e. The fraction of sp³-hybridized carbons (Fsp3) is 0.917. The average Bonchev–Trinajstić information content (AvgIpc) is 2.97. The third-order valence-corrected chi connectivity index (χ3v) is 3.66. The number of hydrogen-bond acceptors (Lipinski definition) is 4. The molecular weight excluding hydrogens is 289 g/mol. The highest BCUT2D eigenvalue weighted by Gasteiger charge is 2.28. The van der Waals surface area contributed by atoms with Gasteiger partial charge in [0.05, 0.1) is 12.5 Å². The fourth-order valence-corrected chi connectivity index (χ4v) is 2.57. The van der Waals surface area contributed by atoms with Gasteiger partial charge in [0.25, 0.3) is 0 Å². The molecule has 2 unspecified atom stereocenters. The normalized spacial score (nSPS) is 26.6. The van der Waals surface area contributed by atoms with Gasteiger partial charge in [-0.3, -0.25) is 9.69 Å². The lowest BCUT2D eigenvalue weighted by Gasteiger charge is -2.17. The molecule has 2 aliphatic heterocycles. The number of halogens is 2. The first-order chi connectivity index (χ1) is 8.29. The molecule has 19 heavy (non-hydrogen) atoms. The third-order valence-electron chi connectivity index (χ3n) is 3.66. The van der Waals surface area contributed by atoms with Crippen LogP contribution in [0, 0.1) is 5.92 Å². The van der Waals surface area contributed by atoms with Crippen LogP contribution < -0.4 is 10.6 Å². The van der Waals surface area contributed by atoms with Crippen LogP contribution in [-0.4, -0.2) is 63.3 Å². The molecule has 114 valence electrons. The summed E-state index contributed by atoms with van der Waals surface area (Å²) < 4.78 is 5.06. The van der Waals surface area contributed by atoms with Gasteiger partial charge in [-0.05, 0) is 19.4 Å². The fourth-order valence-electron chi connectivity index (χ4n) is 2.57. The molecule has 0 saturated carbocycles. The summed E-state index contributed by atoms with van der Waals surface area (Å²) in [5, 5.41) is 6.39. The molecule has 2 heterocycles. The topological polar surface area (TPSA) is 53.6 Å². The lowest BCUT2D eigenvalue weighted by Crippen LogP contribution is -2.41. The minimum atomic E-state index is 0. The molecule has 2 atom stereocenters. The molecule has 2 fully saturated rings. The molecule has 7 heteroatoms. The molecule has 0 aromatic carbocycles. The molecule has 5 nitrogen and oxygen atoms in total. The van der Waals surface area contributed by atoms with E-state index in [9.17, 15) is 4.79 Å². The summed E-state index contributed by atoms with van der Waals surface area (Å²) in [7, 11) is 1.72. The first-order valence-corrected chi connectivity index (χ1v) is 6.52. The van der Waals surface area contributed by atoms with Gasteiger partial charge in [-0.25, -0.2) is 0 Å². The van der Waals surface area contributed by atoms with Crippen molar-refractivity contribution in [2.24, 2.45) is 5.92 Å². The highest BCUT2D eigenvalue weighted by Crippen LogP contribution is 2.12. The van der Waals surface area contributed by atoms with Gasteiger partial charge in [0.15, 0.2) is 0 Å². The zero-order valence-corrected chi connectivity index (χ0v) is 13.0. The lowest BCUT2D eigenvalue weighted by molar-refractivity contribution is -0.125. The van der Waals surface area contributed by atoms with Crippen molar-refractivity contribution in [3.05, 3.63) is 0 Å². The van der Waals surface area contributed by atoms with Crippen molar-refractivity contribution in [2.45, 2.75) is 18.9 Å². The predicted octanol–water partition coefficient (Wildman–Crippen LogP) is 0.276. The summed E-state index contributed by atoms with van der Waals surface area (Å²) in [4.78, 5) is 14.3. The number of methoxy groups -OCH3 is 1. The van der Waals surface area contributed by atoms with Gasteiger partial charge in [0, 0.05) is 39.3 Å². The number of likely N-dealkylation sites (tertiary alicyclic amines) is 1. The van der Waals surface area contributed by atoms with Crippen LogP contribution in [-0.2, 0) is 9.53 Å². The van der Waals surface area contributed by atoms with Crippen LogP contribution in [0.3, 0.4) is 0 Å². The van der Waals surface area contributed by atoms with E-state index < -0.39 is 0 Å². The minimum absolute atomic E-state index is 0. The van der Waals surface area contributed by atoms with E-state index in [-0.39, 0.29) is 36.6 Å². The summed E-state index contributed by atoms with van der Waals surface area (Å²) >= 11 is 0. The highest BCUT2D eigenvalue weighted by molar-refractivity contribution is 5.85. The summed E-state index contributed by atoms with van der Waals surface area (Å²) in [5.41, 5.74) is 0. The summed E-state index contributed by atoms with van der Waals surface area (Å²) in [6.07, 6.45) is 2.04. The summed E-state index contributed by atoms with van der Waals surface area (Å²) in [5.74, 6) is 0.414. The van der Waals surface area contributed by atoms with Gasteiger partial charge in [0.2, 0.25) is 5.91 Å².